The molecular weight excluding hydrogens is 1060 g/mol. The van der Waals surface area contributed by atoms with E-state index in [1.54, 1.807) is 0 Å². The third kappa shape index (κ3) is 41.0. The van der Waals surface area contributed by atoms with Crippen LogP contribution in [-0.2, 0) is 33.2 Å². The van der Waals surface area contributed by atoms with E-state index in [-0.39, 0.29) is 25.6 Å². The normalized spacial score (nSPS) is 23.6. The van der Waals surface area contributed by atoms with Gasteiger partial charge in [-0.2, -0.15) is 0 Å². The van der Waals surface area contributed by atoms with Crippen molar-refractivity contribution >= 4 is 5.97 Å². The van der Waals surface area contributed by atoms with Gasteiger partial charge < -0.3 is 64.2 Å². The minimum absolute atomic E-state index is 0.0606. The summed E-state index contributed by atoms with van der Waals surface area (Å²) in [5.41, 5.74) is 0. The summed E-state index contributed by atoms with van der Waals surface area (Å²) in [5.74, 6) is -0.379. The highest BCUT2D eigenvalue weighted by molar-refractivity contribution is 5.69. The second kappa shape index (κ2) is 56.0. The highest BCUT2D eigenvalue weighted by atomic mass is 16.7. The molecule has 11 atom stereocenters. The van der Waals surface area contributed by atoms with Gasteiger partial charge in [-0.05, 0) is 57.8 Å². The first-order valence-corrected chi connectivity index (χ1v) is 34.4. The van der Waals surface area contributed by atoms with Crippen LogP contribution in [-0.4, -0.2) is 142 Å². The monoisotopic (exact) mass is 1190 g/mol. The van der Waals surface area contributed by atoms with E-state index in [0.29, 0.717) is 13.0 Å². The lowest BCUT2D eigenvalue weighted by Gasteiger charge is -2.42. The van der Waals surface area contributed by atoms with Crippen molar-refractivity contribution < 1.29 is 69.0 Å². The zero-order valence-corrected chi connectivity index (χ0v) is 53.1. The van der Waals surface area contributed by atoms with Gasteiger partial charge in [-0.1, -0.05) is 274 Å². The highest BCUT2D eigenvalue weighted by Gasteiger charge is 2.47. The Hall–Kier alpha value is -2.31. The summed E-state index contributed by atoms with van der Waals surface area (Å²) in [4.78, 5) is 13.2. The van der Waals surface area contributed by atoms with E-state index in [0.717, 1.165) is 77.0 Å². The zero-order chi connectivity index (χ0) is 60.8. The second-order valence-corrected chi connectivity index (χ2v) is 24.0. The molecular formula is C70H126O14. The van der Waals surface area contributed by atoms with Gasteiger partial charge in [0.05, 0.1) is 26.4 Å². The first-order chi connectivity index (χ1) is 41.1. The SMILES string of the molecule is CC/C=C\C/C=C\C/C=C\C/C=C\C/C=C\CCCCCCCCCCCC(=O)OC(COCCCCCCCCCCCCCCCCCCCCCCCCCCC)COC1OC(COC2OC(CO)C(O)C(O)C2O)C(O)C(O)C1O. The molecule has 2 saturated heterocycles. The fourth-order valence-corrected chi connectivity index (χ4v) is 10.8. The number of esters is 1. The van der Waals surface area contributed by atoms with Gasteiger partial charge in [-0.25, -0.2) is 0 Å². The van der Waals surface area contributed by atoms with Crippen LogP contribution in [0.2, 0.25) is 0 Å². The third-order valence-corrected chi connectivity index (χ3v) is 16.3. The average Bonchev–Trinajstić information content (AvgIpc) is 3.67. The highest BCUT2D eigenvalue weighted by Crippen LogP contribution is 2.27. The molecule has 2 heterocycles. The lowest BCUT2D eigenvalue weighted by atomic mass is 9.98. The predicted molar refractivity (Wildman–Crippen MR) is 339 cm³/mol. The Morgan fingerprint density at radius 1 is 0.405 bits per heavy atom. The molecule has 84 heavy (non-hydrogen) atoms. The van der Waals surface area contributed by atoms with Crippen molar-refractivity contribution in [2.75, 3.05) is 33.0 Å². The fourth-order valence-electron chi connectivity index (χ4n) is 10.8. The number of ether oxygens (including phenoxy) is 6. The van der Waals surface area contributed by atoms with E-state index >= 15 is 0 Å². The maximum Gasteiger partial charge on any atom is 0.306 e. The van der Waals surface area contributed by atoms with Crippen LogP contribution < -0.4 is 0 Å². The number of allylic oxidation sites excluding steroid dienone is 10. The van der Waals surface area contributed by atoms with Crippen LogP contribution in [0.3, 0.4) is 0 Å². The fraction of sp³-hybridized carbons (Fsp3) is 0.843. The number of unbranched alkanes of at least 4 members (excludes halogenated alkanes) is 33. The van der Waals surface area contributed by atoms with Crippen LogP contribution in [0, 0.1) is 0 Å². The Kier molecular flexibility index (Phi) is 51.8. The Morgan fingerprint density at radius 2 is 0.774 bits per heavy atom. The Morgan fingerprint density at radius 3 is 1.21 bits per heavy atom. The molecule has 490 valence electrons. The van der Waals surface area contributed by atoms with Crippen LogP contribution in [0.15, 0.2) is 60.8 Å². The summed E-state index contributed by atoms with van der Waals surface area (Å²) in [5, 5.41) is 72.6. The molecule has 0 radical (unpaired) electrons. The van der Waals surface area contributed by atoms with E-state index in [9.17, 15) is 40.5 Å². The van der Waals surface area contributed by atoms with Crippen LogP contribution >= 0.6 is 0 Å². The smallest absolute Gasteiger partial charge is 0.306 e. The number of aliphatic hydroxyl groups is 7. The van der Waals surface area contributed by atoms with Crippen molar-refractivity contribution in [3.05, 3.63) is 60.8 Å². The number of carbonyl (C=O) groups excluding carboxylic acids is 1. The quantitative estimate of drug-likeness (QED) is 0.0171. The molecule has 11 unspecified atom stereocenters. The van der Waals surface area contributed by atoms with Crippen molar-refractivity contribution in [2.45, 2.75) is 345 Å². The zero-order valence-electron chi connectivity index (χ0n) is 53.1. The van der Waals surface area contributed by atoms with Gasteiger partial charge in [-0.3, -0.25) is 4.79 Å². The first kappa shape index (κ1) is 77.8. The number of hydrogen-bond donors (Lipinski definition) is 7. The van der Waals surface area contributed by atoms with E-state index in [1.165, 1.54) is 173 Å². The summed E-state index contributed by atoms with van der Waals surface area (Å²) in [6.45, 7) is 3.62. The van der Waals surface area contributed by atoms with Crippen LogP contribution in [0.25, 0.3) is 0 Å². The molecule has 0 aromatic rings. The lowest BCUT2D eigenvalue weighted by Crippen LogP contribution is -2.61. The molecule has 2 rings (SSSR count). The molecule has 0 amide bonds. The Balaban J connectivity index is 1.65. The average molecular weight is 1190 g/mol. The molecule has 2 aliphatic heterocycles. The summed E-state index contributed by atoms with van der Waals surface area (Å²) in [6.07, 6.45) is 55.8. The van der Waals surface area contributed by atoms with Gasteiger partial charge in [0.25, 0.3) is 0 Å². The van der Waals surface area contributed by atoms with Crippen LogP contribution in [0.5, 0.6) is 0 Å². The van der Waals surface area contributed by atoms with Crippen molar-refractivity contribution in [1.82, 2.24) is 0 Å². The van der Waals surface area contributed by atoms with Gasteiger partial charge in [0.15, 0.2) is 12.6 Å². The number of hydrogen-bond acceptors (Lipinski definition) is 14. The Bertz CT molecular complexity index is 1620. The van der Waals surface area contributed by atoms with Gasteiger partial charge in [0, 0.05) is 13.0 Å². The van der Waals surface area contributed by atoms with Crippen molar-refractivity contribution in [1.29, 1.82) is 0 Å². The van der Waals surface area contributed by atoms with Gasteiger partial charge in [0.1, 0.15) is 54.9 Å². The van der Waals surface area contributed by atoms with Crippen LogP contribution in [0.1, 0.15) is 277 Å². The molecule has 2 aliphatic rings. The minimum atomic E-state index is -1.71. The first-order valence-electron chi connectivity index (χ1n) is 34.4. The lowest BCUT2D eigenvalue weighted by molar-refractivity contribution is -0.332. The molecule has 0 aromatic heterocycles. The number of aliphatic hydroxyl groups excluding tert-OH is 7. The van der Waals surface area contributed by atoms with Crippen molar-refractivity contribution in [3.8, 4) is 0 Å². The second-order valence-electron chi connectivity index (χ2n) is 24.0. The topological polar surface area (TPSA) is 214 Å². The standard InChI is InChI=1S/C70H126O14/c1-3-5-7-9-11-13-15-17-19-21-23-25-27-29-31-33-35-37-39-41-43-45-47-49-51-53-62(72)82-59(57-80-69-68(78)66(76)64(74)61(84-69)58-81-70-67(77)65(75)63(73)60(55-71)83-70)56-79-54-52-50-48-46-44-42-40-38-36-34-32-30-28-26-24-22-20-18-16-14-12-10-8-6-4-2/h5,7,11,13,17,19,23,25,29,31,59-61,63-71,73-78H,3-4,6,8-10,12,14-16,18,20-22,24,26-28,30,32-58H2,1-2H3/b7-5-,13-11-,19-17-,25-23-,31-29-. The van der Waals surface area contributed by atoms with Gasteiger partial charge >= 0.3 is 5.97 Å². The minimum Gasteiger partial charge on any atom is -0.457 e. The maximum absolute atomic E-state index is 13.2. The van der Waals surface area contributed by atoms with Crippen LogP contribution in [0.4, 0.5) is 0 Å². The molecule has 7 N–H and O–H groups in total. The summed E-state index contributed by atoms with van der Waals surface area (Å²) < 4.78 is 34.6. The number of rotatable bonds is 57. The molecule has 2 fully saturated rings. The van der Waals surface area contributed by atoms with E-state index < -0.39 is 80.7 Å². The van der Waals surface area contributed by atoms with Gasteiger partial charge in [-0.15, -0.1) is 0 Å². The Labute approximate surface area is 511 Å². The number of carbonyl (C=O) groups is 1. The van der Waals surface area contributed by atoms with Gasteiger partial charge in [0.2, 0.25) is 0 Å². The summed E-state index contributed by atoms with van der Waals surface area (Å²) in [6, 6.07) is 0. The molecule has 0 aliphatic carbocycles. The predicted octanol–water partition coefficient (Wildman–Crippen LogP) is 14.4. The third-order valence-electron chi connectivity index (χ3n) is 16.3. The largest absolute Gasteiger partial charge is 0.457 e. The molecule has 14 heteroatoms. The van der Waals surface area contributed by atoms with Crippen molar-refractivity contribution in [2.24, 2.45) is 0 Å². The van der Waals surface area contributed by atoms with E-state index in [1.807, 2.05) is 0 Å². The van der Waals surface area contributed by atoms with E-state index in [2.05, 4.69) is 74.6 Å². The molecule has 0 spiro atoms. The van der Waals surface area contributed by atoms with Crippen molar-refractivity contribution in [3.63, 3.8) is 0 Å². The summed E-state index contributed by atoms with van der Waals surface area (Å²) >= 11 is 0. The molecule has 0 bridgehead atoms. The maximum atomic E-state index is 13.2. The van der Waals surface area contributed by atoms with E-state index in [4.69, 9.17) is 28.4 Å². The molecule has 14 nitrogen and oxygen atoms in total. The molecule has 0 saturated carbocycles. The summed E-state index contributed by atoms with van der Waals surface area (Å²) in [7, 11) is 0. The molecule has 0 aromatic carbocycles.